The molecule has 3 N–H and O–H groups in total. The highest BCUT2D eigenvalue weighted by Gasteiger charge is 2.14. The molecule has 0 aliphatic heterocycles. The number of imidazole rings is 1. The Morgan fingerprint density at radius 2 is 2.32 bits per heavy atom. The van der Waals surface area contributed by atoms with Crippen LogP contribution >= 0.6 is 0 Å². The minimum Gasteiger partial charge on any atom is -0.398 e. The van der Waals surface area contributed by atoms with E-state index < -0.39 is 0 Å². The highest BCUT2D eigenvalue weighted by Crippen LogP contribution is 2.16. The second-order valence-electron chi connectivity index (χ2n) is 4.67. The molecule has 0 aliphatic carbocycles. The maximum absolute atomic E-state index is 12.2. The predicted octanol–water partition coefficient (Wildman–Crippen LogP) is 1.59. The quantitative estimate of drug-likeness (QED) is 0.818. The van der Waals surface area contributed by atoms with Crippen LogP contribution in [-0.2, 0) is 6.54 Å². The number of aryl methyl sites for hydroxylation is 1. The number of benzene rings is 1. The molecule has 1 unspecified atom stereocenters. The third-order valence-electron chi connectivity index (χ3n) is 2.95. The van der Waals surface area contributed by atoms with Crippen LogP contribution in [0.15, 0.2) is 36.9 Å². The van der Waals surface area contributed by atoms with E-state index in [0.717, 1.165) is 5.56 Å². The van der Waals surface area contributed by atoms with E-state index in [-0.39, 0.29) is 11.9 Å². The van der Waals surface area contributed by atoms with E-state index in [0.29, 0.717) is 17.8 Å². The fourth-order valence-electron chi connectivity index (χ4n) is 2.05. The van der Waals surface area contributed by atoms with Crippen molar-refractivity contribution in [2.24, 2.45) is 0 Å². The lowest BCUT2D eigenvalue weighted by Crippen LogP contribution is -2.36. The van der Waals surface area contributed by atoms with Crippen molar-refractivity contribution in [1.29, 1.82) is 0 Å². The molecule has 0 bridgehead atoms. The summed E-state index contributed by atoms with van der Waals surface area (Å²) in [5.41, 5.74) is 7.80. The van der Waals surface area contributed by atoms with Gasteiger partial charge in [-0.3, -0.25) is 4.79 Å². The number of amides is 1. The Balaban J connectivity index is 2.04. The number of aromatic nitrogens is 2. The van der Waals surface area contributed by atoms with Crippen molar-refractivity contribution in [3.8, 4) is 0 Å². The standard InChI is InChI=1S/C14H18N4O/c1-10-4-3-5-12(15)13(10)14(19)17-11(2)8-18-7-6-16-9-18/h3-7,9,11H,8,15H2,1-2H3,(H,17,19). The van der Waals surface area contributed by atoms with Crippen molar-refractivity contribution in [3.05, 3.63) is 48.0 Å². The molecule has 5 heteroatoms. The summed E-state index contributed by atoms with van der Waals surface area (Å²) in [4.78, 5) is 16.2. The lowest BCUT2D eigenvalue weighted by atomic mass is 10.1. The van der Waals surface area contributed by atoms with Crippen molar-refractivity contribution in [1.82, 2.24) is 14.9 Å². The van der Waals surface area contributed by atoms with Gasteiger partial charge in [-0.2, -0.15) is 0 Å². The van der Waals surface area contributed by atoms with Crippen molar-refractivity contribution < 1.29 is 4.79 Å². The van der Waals surface area contributed by atoms with E-state index in [4.69, 9.17) is 5.73 Å². The van der Waals surface area contributed by atoms with Gasteiger partial charge in [-0.05, 0) is 25.5 Å². The van der Waals surface area contributed by atoms with Crippen LogP contribution < -0.4 is 11.1 Å². The molecule has 0 aliphatic rings. The number of hydrogen-bond acceptors (Lipinski definition) is 3. The Morgan fingerprint density at radius 1 is 1.53 bits per heavy atom. The average molecular weight is 258 g/mol. The monoisotopic (exact) mass is 258 g/mol. The number of nitrogens with zero attached hydrogens (tertiary/aromatic N) is 2. The van der Waals surface area contributed by atoms with Crippen LogP contribution in [-0.4, -0.2) is 21.5 Å². The first-order valence-electron chi connectivity index (χ1n) is 6.19. The summed E-state index contributed by atoms with van der Waals surface area (Å²) in [5, 5.41) is 2.95. The van der Waals surface area contributed by atoms with E-state index in [9.17, 15) is 4.79 Å². The molecule has 2 aromatic rings. The largest absolute Gasteiger partial charge is 0.398 e. The molecule has 19 heavy (non-hydrogen) atoms. The summed E-state index contributed by atoms with van der Waals surface area (Å²) in [6.07, 6.45) is 5.31. The topological polar surface area (TPSA) is 72.9 Å². The molecule has 1 atom stereocenters. The van der Waals surface area contributed by atoms with Crippen LogP contribution in [0.25, 0.3) is 0 Å². The van der Waals surface area contributed by atoms with Crippen LogP contribution in [0.5, 0.6) is 0 Å². The van der Waals surface area contributed by atoms with Crippen LogP contribution in [0.3, 0.4) is 0 Å². The van der Waals surface area contributed by atoms with Gasteiger partial charge < -0.3 is 15.6 Å². The molecule has 0 radical (unpaired) electrons. The van der Waals surface area contributed by atoms with Gasteiger partial charge in [-0.25, -0.2) is 4.98 Å². The van der Waals surface area contributed by atoms with E-state index in [2.05, 4.69) is 10.3 Å². The Morgan fingerprint density at radius 3 is 2.95 bits per heavy atom. The number of rotatable bonds is 4. The zero-order chi connectivity index (χ0) is 13.8. The maximum atomic E-state index is 12.2. The molecule has 0 saturated carbocycles. The zero-order valence-corrected chi connectivity index (χ0v) is 11.1. The molecule has 2 rings (SSSR count). The number of hydrogen-bond donors (Lipinski definition) is 2. The fraction of sp³-hybridized carbons (Fsp3) is 0.286. The van der Waals surface area contributed by atoms with E-state index in [1.165, 1.54) is 0 Å². The minimum absolute atomic E-state index is 0.000654. The molecule has 5 nitrogen and oxygen atoms in total. The molecule has 0 spiro atoms. The maximum Gasteiger partial charge on any atom is 0.253 e. The van der Waals surface area contributed by atoms with Gasteiger partial charge in [0.2, 0.25) is 0 Å². The van der Waals surface area contributed by atoms with Crippen LogP contribution in [0, 0.1) is 6.92 Å². The van der Waals surface area contributed by atoms with Crippen molar-refractivity contribution >= 4 is 11.6 Å². The third-order valence-corrected chi connectivity index (χ3v) is 2.95. The van der Waals surface area contributed by atoms with Gasteiger partial charge in [0.1, 0.15) is 0 Å². The number of carbonyl (C=O) groups excluding carboxylic acids is 1. The van der Waals surface area contributed by atoms with Crippen LogP contribution in [0.1, 0.15) is 22.8 Å². The summed E-state index contributed by atoms with van der Waals surface area (Å²) in [6, 6.07) is 5.46. The smallest absolute Gasteiger partial charge is 0.253 e. The first kappa shape index (κ1) is 13.1. The van der Waals surface area contributed by atoms with Gasteiger partial charge in [0, 0.05) is 30.7 Å². The van der Waals surface area contributed by atoms with E-state index >= 15 is 0 Å². The van der Waals surface area contributed by atoms with E-state index in [1.807, 2.05) is 36.7 Å². The number of nitrogens with two attached hydrogens (primary N) is 1. The molecule has 1 aromatic heterocycles. The highest BCUT2D eigenvalue weighted by molar-refractivity contribution is 6.00. The normalized spacial score (nSPS) is 12.1. The average Bonchev–Trinajstić information content (AvgIpc) is 2.81. The zero-order valence-electron chi connectivity index (χ0n) is 11.1. The van der Waals surface area contributed by atoms with Crippen molar-refractivity contribution in [2.75, 3.05) is 5.73 Å². The fourth-order valence-corrected chi connectivity index (χ4v) is 2.05. The molecule has 1 amide bonds. The van der Waals surface area contributed by atoms with Gasteiger partial charge in [-0.1, -0.05) is 12.1 Å². The SMILES string of the molecule is Cc1cccc(N)c1C(=O)NC(C)Cn1ccnc1. The van der Waals surface area contributed by atoms with Gasteiger partial charge >= 0.3 is 0 Å². The van der Waals surface area contributed by atoms with Gasteiger partial charge in [0.15, 0.2) is 0 Å². The summed E-state index contributed by atoms with van der Waals surface area (Å²) in [5.74, 6) is -0.136. The molecule has 0 fully saturated rings. The van der Waals surface area contributed by atoms with Gasteiger partial charge in [0.25, 0.3) is 5.91 Å². The Kier molecular flexibility index (Phi) is 3.85. The summed E-state index contributed by atoms with van der Waals surface area (Å²) in [6.45, 7) is 4.51. The van der Waals surface area contributed by atoms with Gasteiger partial charge in [0.05, 0.1) is 11.9 Å². The third kappa shape index (κ3) is 3.13. The number of nitrogen functional groups attached to an aromatic ring is 1. The van der Waals surface area contributed by atoms with Crippen LogP contribution in [0.2, 0.25) is 0 Å². The van der Waals surface area contributed by atoms with Crippen molar-refractivity contribution in [3.63, 3.8) is 0 Å². The van der Waals surface area contributed by atoms with Gasteiger partial charge in [-0.15, -0.1) is 0 Å². The summed E-state index contributed by atoms with van der Waals surface area (Å²) >= 11 is 0. The number of nitrogens with one attached hydrogen (secondary N) is 1. The molecule has 1 aromatic carbocycles. The molecular weight excluding hydrogens is 240 g/mol. The lowest BCUT2D eigenvalue weighted by molar-refractivity contribution is 0.0937. The second-order valence-corrected chi connectivity index (χ2v) is 4.67. The van der Waals surface area contributed by atoms with Crippen LogP contribution in [0.4, 0.5) is 5.69 Å². The lowest BCUT2D eigenvalue weighted by Gasteiger charge is -2.16. The minimum atomic E-state index is -0.136. The van der Waals surface area contributed by atoms with E-state index in [1.54, 1.807) is 18.6 Å². The second kappa shape index (κ2) is 5.56. The molecule has 100 valence electrons. The first-order valence-corrected chi connectivity index (χ1v) is 6.19. The highest BCUT2D eigenvalue weighted by atomic mass is 16.1. The predicted molar refractivity (Wildman–Crippen MR) is 74.7 cm³/mol. The summed E-state index contributed by atoms with van der Waals surface area (Å²) < 4.78 is 1.92. The first-order chi connectivity index (χ1) is 9.08. The van der Waals surface area contributed by atoms with Crippen molar-refractivity contribution in [2.45, 2.75) is 26.4 Å². The number of anilines is 1. The molecule has 0 saturated heterocycles. The molecular formula is C14H18N4O. The summed E-state index contributed by atoms with van der Waals surface area (Å²) in [7, 11) is 0. The Labute approximate surface area is 112 Å². The Hall–Kier alpha value is -2.30. The number of carbonyl (C=O) groups is 1. The molecule has 1 heterocycles. The Bertz CT molecular complexity index is 543.